The van der Waals surface area contributed by atoms with Gasteiger partial charge in [0.2, 0.25) is 5.78 Å². The monoisotopic (exact) mass is 313 g/mol. The summed E-state index contributed by atoms with van der Waals surface area (Å²) < 4.78 is 1.65. The molecule has 0 fully saturated rings. The van der Waals surface area contributed by atoms with E-state index >= 15 is 0 Å². The molecule has 24 heavy (non-hydrogen) atoms. The number of hydrogen-bond acceptors (Lipinski definition) is 3. The summed E-state index contributed by atoms with van der Waals surface area (Å²) in [6, 6.07) is 20.9. The molecule has 0 saturated carbocycles. The first-order valence-corrected chi connectivity index (χ1v) is 7.74. The maximum absolute atomic E-state index is 13.2. The van der Waals surface area contributed by atoms with Crippen LogP contribution in [0.3, 0.4) is 0 Å². The molecule has 0 atom stereocenters. The van der Waals surface area contributed by atoms with E-state index in [1.165, 1.54) is 0 Å². The molecule has 2 aromatic carbocycles. The van der Waals surface area contributed by atoms with Crippen molar-refractivity contribution < 1.29 is 4.79 Å². The van der Waals surface area contributed by atoms with Crippen molar-refractivity contribution in [3.63, 3.8) is 0 Å². The minimum absolute atomic E-state index is 0.0649. The predicted octanol–water partition coefficient (Wildman–Crippen LogP) is 3.94. The Labute approximate surface area is 139 Å². The zero-order chi connectivity index (χ0) is 16.5. The molecule has 0 aliphatic carbocycles. The van der Waals surface area contributed by atoms with Gasteiger partial charge in [0.1, 0.15) is 5.69 Å². The average Bonchev–Trinajstić information content (AvgIpc) is 3.02. The number of nitrogens with zero attached hydrogens (tertiary/aromatic N) is 3. The van der Waals surface area contributed by atoms with E-state index in [9.17, 15) is 4.79 Å². The highest BCUT2D eigenvalue weighted by molar-refractivity contribution is 6.11. The van der Waals surface area contributed by atoms with Gasteiger partial charge in [0.25, 0.3) is 0 Å². The molecule has 0 bridgehead atoms. The fourth-order valence-corrected chi connectivity index (χ4v) is 2.82. The van der Waals surface area contributed by atoms with Crippen molar-refractivity contribution in [2.45, 2.75) is 6.92 Å². The van der Waals surface area contributed by atoms with Crippen LogP contribution in [0.5, 0.6) is 0 Å². The van der Waals surface area contributed by atoms with Crippen LogP contribution in [0.4, 0.5) is 0 Å². The van der Waals surface area contributed by atoms with Gasteiger partial charge in [0, 0.05) is 23.4 Å². The lowest BCUT2D eigenvalue weighted by atomic mass is 10.00. The van der Waals surface area contributed by atoms with Crippen LogP contribution in [0, 0.1) is 6.92 Å². The zero-order valence-corrected chi connectivity index (χ0v) is 13.2. The van der Waals surface area contributed by atoms with E-state index in [0.29, 0.717) is 16.9 Å². The van der Waals surface area contributed by atoms with Crippen LogP contribution < -0.4 is 0 Å². The average molecular weight is 313 g/mol. The van der Waals surface area contributed by atoms with E-state index in [4.69, 9.17) is 0 Å². The van der Waals surface area contributed by atoms with Crippen LogP contribution in [-0.4, -0.2) is 20.4 Å². The van der Waals surface area contributed by atoms with E-state index in [0.717, 1.165) is 16.8 Å². The smallest absolute Gasteiger partial charge is 0.212 e. The molecule has 0 saturated heterocycles. The number of carbonyl (C=O) groups excluding carboxylic acids is 1. The number of hydrogen-bond donors (Lipinski definition) is 0. The Morgan fingerprint density at radius 2 is 1.62 bits per heavy atom. The van der Waals surface area contributed by atoms with E-state index in [2.05, 4.69) is 10.1 Å². The Morgan fingerprint density at radius 1 is 0.958 bits per heavy atom. The summed E-state index contributed by atoms with van der Waals surface area (Å²) >= 11 is 0. The Morgan fingerprint density at radius 3 is 2.33 bits per heavy atom. The highest BCUT2D eigenvalue weighted by atomic mass is 16.1. The van der Waals surface area contributed by atoms with Crippen molar-refractivity contribution in [3.05, 3.63) is 89.9 Å². The Bertz CT molecular complexity index is 1020. The summed E-state index contributed by atoms with van der Waals surface area (Å²) in [6.45, 7) is 1.90. The highest BCUT2D eigenvalue weighted by Crippen LogP contribution is 2.26. The summed E-state index contributed by atoms with van der Waals surface area (Å²) in [5.41, 5.74) is 4.39. The Balaban J connectivity index is 2.02. The van der Waals surface area contributed by atoms with Crippen molar-refractivity contribution in [1.29, 1.82) is 0 Å². The Kier molecular flexibility index (Phi) is 3.43. The molecule has 0 N–H and O–H groups in total. The van der Waals surface area contributed by atoms with Gasteiger partial charge in [-0.15, -0.1) is 0 Å². The summed E-state index contributed by atoms with van der Waals surface area (Å²) in [6.07, 6.45) is 1.75. The largest absolute Gasteiger partial charge is 0.287 e. The third kappa shape index (κ3) is 2.38. The first-order valence-electron chi connectivity index (χ1n) is 7.74. The molecule has 2 aromatic heterocycles. The lowest BCUT2D eigenvalue weighted by molar-refractivity contribution is 0.103. The molecule has 0 aliphatic rings. The van der Waals surface area contributed by atoms with Gasteiger partial charge in [0.15, 0.2) is 5.65 Å². The maximum Gasteiger partial charge on any atom is 0.212 e. The SMILES string of the molecule is Cc1cc2ncc(-c3ccccc3)c(C(=O)c3ccccc3)n2n1. The molecular formula is C20H15N3O. The molecule has 4 aromatic rings. The fraction of sp³-hybridized carbons (Fsp3) is 0.0500. The van der Waals surface area contributed by atoms with Crippen molar-refractivity contribution in [2.75, 3.05) is 0 Å². The highest BCUT2D eigenvalue weighted by Gasteiger charge is 2.20. The van der Waals surface area contributed by atoms with Crippen LogP contribution in [0.2, 0.25) is 0 Å². The molecule has 4 nitrogen and oxygen atoms in total. The fourth-order valence-electron chi connectivity index (χ4n) is 2.82. The van der Waals surface area contributed by atoms with Crippen LogP contribution in [-0.2, 0) is 0 Å². The normalized spacial score (nSPS) is 10.9. The van der Waals surface area contributed by atoms with E-state index in [1.807, 2.05) is 73.7 Å². The van der Waals surface area contributed by atoms with Gasteiger partial charge in [-0.25, -0.2) is 9.50 Å². The van der Waals surface area contributed by atoms with Gasteiger partial charge in [-0.3, -0.25) is 4.79 Å². The van der Waals surface area contributed by atoms with Gasteiger partial charge in [-0.1, -0.05) is 60.7 Å². The standard InChI is InChI=1S/C20H15N3O/c1-14-12-18-21-13-17(15-8-4-2-5-9-15)19(23(18)22-14)20(24)16-10-6-3-7-11-16/h2-13H,1H3. The van der Waals surface area contributed by atoms with Gasteiger partial charge in [-0.05, 0) is 12.5 Å². The molecule has 4 rings (SSSR count). The quantitative estimate of drug-likeness (QED) is 0.538. The maximum atomic E-state index is 13.2. The summed E-state index contributed by atoms with van der Waals surface area (Å²) in [7, 11) is 0. The number of ketones is 1. The van der Waals surface area contributed by atoms with Crippen molar-refractivity contribution >= 4 is 11.4 Å². The topological polar surface area (TPSA) is 47.3 Å². The molecule has 116 valence electrons. The molecule has 4 heteroatoms. The van der Waals surface area contributed by atoms with E-state index < -0.39 is 0 Å². The van der Waals surface area contributed by atoms with Gasteiger partial charge in [0.05, 0.1) is 5.69 Å². The van der Waals surface area contributed by atoms with Crippen molar-refractivity contribution in [1.82, 2.24) is 14.6 Å². The summed E-state index contributed by atoms with van der Waals surface area (Å²) in [5, 5.41) is 4.48. The van der Waals surface area contributed by atoms with Crippen LogP contribution >= 0.6 is 0 Å². The third-order valence-corrected chi connectivity index (χ3v) is 3.94. The van der Waals surface area contributed by atoms with Crippen molar-refractivity contribution in [3.8, 4) is 11.1 Å². The molecule has 0 spiro atoms. The predicted molar refractivity (Wildman–Crippen MR) is 93.0 cm³/mol. The lowest BCUT2D eigenvalue weighted by Crippen LogP contribution is -2.12. The van der Waals surface area contributed by atoms with Gasteiger partial charge < -0.3 is 0 Å². The van der Waals surface area contributed by atoms with Crippen LogP contribution in [0.15, 0.2) is 72.9 Å². The number of rotatable bonds is 3. The zero-order valence-electron chi connectivity index (χ0n) is 13.2. The summed E-state index contributed by atoms with van der Waals surface area (Å²) in [4.78, 5) is 17.6. The number of carbonyl (C=O) groups is 1. The van der Waals surface area contributed by atoms with Crippen molar-refractivity contribution in [2.24, 2.45) is 0 Å². The van der Waals surface area contributed by atoms with Gasteiger partial charge in [-0.2, -0.15) is 5.10 Å². The second kappa shape index (κ2) is 5.74. The number of aromatic nitrogens is 3. The van der Waals surface area contributed by atoms with E-state index in [1.54, 1.807) is 10.7 Å². The number of fused-ring (bicyclic) bond motifs is 1. The van der Waals surface area contributed by atoms with Gasteiger partial charge >= 0.3 is 0 Å². The first kappa shape index (κ1) is 14.3. The summed E-state index contributed by atoms with van der Waals surface area (Å²) in [5.74, 6) is -0.0649. The minimum atomic E-state index is -0.0649. The lowest BCUT2D eigenvalue weighted by Gasteiger charge is -2.11. The molecule has 2 heterocycles. The van der Waals surface area contributed by atoms with Crippen LogP contribution in [0.1, 0.15) is 21.7 Å². The molecular weight excluding hydrogens is 298 g/mol. The minimum Gasteiger partial charge on any atom is -0.287 e. The second-order valence-corrected chi connectivity index (χ2v) is 5.64. The third-order valence-electron chi connectivity index (χ3n) is 3.94. The number of aryl methyl sites for hydroxylation is 1. The molecule has 0 radical (unpaired) electrons. The molecule has 0 amide bonds. The molecule has 0 aliphatic heterocycles. The number of benzene rings is 2. The van der Waals surface area contributed by atoms with E-state index in [-0.39, 0.29) is 5.78 Å². The second-order valence-electron chi connectivity index (χ2n) is 5.64. The first-order chi connectivity index (χ1) is 11.7. The van der Waals surface area contributed by atoms with Crippen LogP contribution in [0.25, 0.3) is 16.8 Å². The molecule has 0 unspecified atom stereocenters. The Hall–Kier alpha value is -3.27.